The monoisotopic (exact) mass is 448 g/mol. The van der Waals surface area contributed by atoms with Crippen molar-refractivity contribution in [2.45, 2.75) is 97.7 Å². The number of aliphatic hydroxyl groups excluding tert-OH is 1. The summed E-state index contributed by atoms with van der Waals surface area (Å²) in [6.45, 7) is 15.8. The first-order chi connectivity index (χ1) is 15.1. The van der Waals surface area contributed by atoms with Crippen molar-refractivity contribution in [2.24, 2.45) is 28.6 Å². The third kappa shape index (κ3) is 4.41. The molecule has 0 unspecified atom stereocenters. The lowest BCUT2D eigenvalue weighted by molar-refractivity contribution is -0.238. The molecule has 180 valence electrons. The molecule has 6 nitrogen and oxygen atoms in total. The molecule has 1 N–H and O–H groups in total. The van der Waals surface area contributed by atoms with Gasteiger partial charge < -0.3 is 19.3 Å². The normalized spacial score (nSPS) is 40.7. The van der Waals surface area contributed by atoms with Gasteiger partial charge in [0.05, 0.1) is 6.10 Å². The van der Waals surface area contributed by atoms with Crippen LogP contribution in [-0.4, -0.2) is 35.7 Å². The largest absolute Gasteiger partial charge is 0.435 e. The van der Waals surface area contributed by atoms with Gasteiger partial charge in [0.25, 0.3) is 0 Å². The fraction of sp³-hybridized carbons (Fsp3) is 0.769. The summed E-state index contributed by atoms with van der Waals surface area (Å²) in [5, 5.41) is 10.9. The molecule has 0 aromatic rings. The van der Waals surface area contributed by atoms with Crippen LogP contribution in [0.3, 0.4) is 0 Å². The van der Waals surface area contributed by atoms with Gasteiger partial charge in [-0.05, 0) is 62.2 Å². The lowest BCUT2D eigenvalue weighted by Crippen LogP contribution is -2.60. The molecule has 6 heteroatoms. The van der Waals surface area contributed by atoms with Crippen LogP contribution in [0.15, 0.2) is 24.8 Å². The zero-order valence-corrected chi connectivity index (χ0v) is 20.1. The number of rotatable bonds is 8. The first-order valence-corrected chi connectivity index (χ1v) is 12.1. The van der Waals surface area contributed by atoms with Crippen LogP contribution < -0.4 is 0 Å². The highest BCUT2D eigenvalue weighted by Crippen LogP contribution is 2.68. The van der Waals surface area contributed by atoms with Crippen LogP contribution >= 0.6 is 0 Å². The maximum absolute atomic E-state index is 12.3. The number of ether oxygens (including phenoxy) is 3. The highest BCUT2D eigenvalue weighted by atomic mass is 16.8. The van der Waals surface area contributed by atoms with Gasteiger partial charge >= 0.3 is 11.9 Å². The second-order valence-electron chi connectivity index (χ2n) is 10.4. The third-order valence-electron chi connectivity index (χ3n) is 8.58. The van der Waals surface area contributed by atoms with E-state index in [9.17, 15) is 14.7 Å². The van der Waals surface area contributed by atoms with Crippen LogP contribution in [0.1, 0.15) is 79.1 Å². The van der Waals surface area contributed by atoms with Crippen LogP contribution in [0.25, 0.3) is 0 Å². The van der Waals surface area contributed by atoms with Crippen LogP contribution in [0.4, 0.5) is 0 Å². The molecule has 1 heterocycles. The first-order valence-electron chi connectivity index (χ1n) is 12.1. The average molecular weight is 449 g/mol. The van der Waals surface area contributed by atoms with E-state index in [1.54, 1.807) is 6.08 Å². The lowest BCUT2D eigenvalue weighted by Gasteiger charge is -2.61. The highest BCUT2D eigenvalue weighted by molar-refractivity contribution is 5.69. The molecule has 3 rings (SSSR count). The fourth-order valence-corrected chi connectivity index (χ4v) is 6.65. The van der Waals surface area contributed by atoms with E-state index in [2.05, 4.69) is 27.0 Å². The number of allylic oxidation sites excluding steroid dienone is 2. The Bertz CT molecular complexity index is 747. The Morgan fingerprint density at radius 3 is 2.59 bits per heavy atom. The van der Waals surface area contributed by atoms with E-state index < -0.39 is 30.1 Å². The molecule has 2 saturated carbocycles. The number of hydrogen-bond donors (Lipinski definition) is 1. The minimum Gasteiger partial charge on any atom is -0.435 e. The number of aliphatic hydroxyl groups is 1. The van der Waals surface area contributed by atoms with Crippen molar-refractivity contribution in [1.29, 1.82) is 0 Å². The second kappa shape index (κ2) is 9.68. The van der Waals surface area contributed by atoms with Gasteiger partial charge in [0.2, 0.25) is 12.6 Å². The SMILES string of the molecule is C=CC(=C)CC[C@]1(C)[C@H]2C[C@@H](O)C[C@@H]3[C@H](OC(=O)CCC)O[C@@H](OC(C)=O)[C@@]32CC[C@@H]1C. The Hall–Kier alpha value is -1.66. The summed E-state index contributed by atoms with van der Waals surface area (Å²) in [4.78, 5) is 24.4. The second-order valence-corrected chi connectivity index (χ2v) is 10.4. The minimum atomic E-state index is -0.809. The minimum absolute atomic E-state index is 0.0596. The summed E-state index contributed by atoms with van der Waals surface area (Å²) in [6.07, 6.45) is 5.27. The predicted molar refractivity (Wildman–Crippen MR) is 121 cm³/mol. The summed E-state index contributed by atoms with van der Waals surface area (Å²) in [7, 11) is 0. The van der Waals surface area contributed by atoms with Crippen molar-refractivity contribution in [2.75, 3.05) is 0 Å². The first kappa shape index (κ1) is 25.0. The van der Waals surface area contributed by atoms with Gasteiger partial charge in [0.15, 0.2) is 0 Å². The smallest absolute Gasteiger partial charge is 0.308 e. The van der Waals surface area contributed by atoms with E-state index in [1.807, 2.05) is 6.92 Å². The summed E-state index contributed by atoms with van der Waals surface area (Å²) in [6, 6.07) is 0. The van der Waals surface area contributed by atoms with Gasteiger partial charge in [-0.3, -0.25) is 9.59 Å². The van der Waals surface area contributed by atoms with Crippen molar-refractivity contribution in [3.63, 3.8) is 0 Å². The highest BCUT2D eigenvalue weighted by Gasteiger charge is 2.70. The summed E-state index contributed by atoms with van der Waals surface area (Å²) >= 11 is 0. The summed E-state index contributed by atoms with van der Waals surface area (Å²) in [5.41, 5.74) is 0.392. The van der Waals surface area contributed by atoms with E-state index in [1.165, 1.54) is 6.92 Å². The van der Waals surface area contributed by atoms with Crippen molar-refractivity contribution in [1.82, 2.24) is 0 Å². The van der Waals surface area contributed by atoms with E-state index in [4.69, 9.17) is 14.2 Å². The zero-order valence-electron chi connectivity index (χ0n) is 20.1. The Morgan fingerprint density at radius 1 is 1.25 bits per heavy atom. The van der Waals surface area contributed by atoms with Gasteiger partial charge in [0, 0.05) is 24.7 Å². The van der Waals surface area contributed by atoms with Crippen LogP contribution in [-0.2, 0) is 23.8 Å². The zero-order chi connectivity index (χ0) is 23.7. The van der Waals surface area contributed by atoms with Crippen molar-refractivity contribution >= 4 is 11.9 Å². The molecule has 0 aromatic heterocycles. The third-order valence-corrected chi connectivity index (χ3v) is 8.58. The van der Waals surface area contributed by atoms with Crippen molar-refractivity contribution < 1.29 is 28.9 Å². The van der Waals surface area contributed by atoms with Gasteiger partial charge in [-0.25, -0.2) is 0 Å². The van der Waals surface area contributed by atoms with Gasteiger partial charge in [0.1, 0.15) is 0 Å². The quantitative estimate of drug-likeness (QED) is 0.420. The molecule has 0 radical (unpaired) electrons. The number of carbonyl (C=O) groups is 2. The van der Waals surface area contributed by atoms with E-state index >= 15 is 0 Å². The summed E-state index contributed by atoms with van der Waals surface area (Å²) < 4.78 is 17.7. The molecule has 1 spiro atoms. The van der Waals surface area contributed by atoms with Gasteiger partial charge in [-0.15, -0.1) is 0 Å². The van der Waals surface area contributed by atoms with E-state index in [0.717, 1.165) is 31.3 Å². The van der Waals surface area contributed by atoms with Crippen molar-refractivity contribution in [3.05, 3.63) is 24.8 Å². The number of esters is 2. The molecular formula is C26H40O6. The number of carbonyl (C=O) groups excluding carboxylic acids is 2. The van der Waals surface area contributed by atoms with Crippen LogP contribution in [0, 0.1) is 28.6 Å². The molecular weight excluding hydrogens is 408 g/mol. The van der Waals surface area contributed by atoms with E-state index in [0.29, 0.717) is 31.6 Å². The topological polar surface area (TPSA) is 82.1 Å². The van der Waals surface area contributed by atoms with Crippen molar-refractivity contribution in [3.8, 4) is 0 Å². The lowest BCUT2D eigenvalue weighted by atomic mass is 9.44. The molecule has 3 aliphatic rings. The fourth-order valence-electron chi connectivity index (χ4n) is 6.65. The standard InChI is InChI=1S/C26H40O6/c1-7-9-22(29)31-23-20-14-19(28)15-21-25(6,12-10-16(3)8-2)17(4)11-13-26(20,21)24(32-23)30-18(5)27/h8,17,19-21,23-24,28H,2-3,7,9-15H2,1,4-6H3/t17-,19-,20+,21+,23+,24+,25-,26-/m0/s1. The molecule has 8 atom stereocenters. The van der Waals surface area contributed by atoms with Crippen LogP contribution in [0.5, 0.6) is 0 Å². The molecule has 1 aliphatic heterocycles. The molecule has 2 aliphatic carbocycles. The molecule has 1 saturated heterocycles. The maximum atomic E-state index is 12.3. The molecule has 32 heavy (non-hydrogen) atoms. The molecule has 0 bridgehead atoms. The van der Waals surface area contributed by atoms with Crippen LogP contribution in [0.2, 0.25) is 0 Å². The average Bonchev–Trinajstić information content (AvgIpc) is 3.00. The Balaban J connectivity index is 2.01. The molecule has 3 fully saturated rings. The van der Waals surface area contributed by atoms with Gasteiger partial charge in [-0.1, -0.05) is 45.6 Å². The summed E-state index contributed by atoms with van der Waals surface area (Å²) in [5.74, 6) is -0.461. The molecule has 0 aromatic carbocycles. The van der Waals surface area contributed by atoms with Gasteiger partial charge in [-0.2, -0.15) is 0 Å². The molecule has 0 amide bonds. The maximum Gasteiger partial charge on any atom is 0.308 e. The van der Waals surface area contributed by atoms with E-state index in [-0.39, 0.29) is 23.2 Å². The Labute approximate surface area is 192 Å². The number of hydrogen-bond acceptors (Lipinski definition) is 6. The Morgan fingerprint density at radius 2 is 1.97 bits per heavy atom. The predicted octanol–water partition coefficient (Wildman–Crippen LogP) is 4.91. The Kier molecular flexibility index (Phi) is 7.55.